The summed E-state index contributed by atoms with van der Waals surface area (Å²) in [5.74, 6) is 2.11. The number of hydrogen-bond donors (Lipinski definition) is 0. The van der Waals surface area contributed by atoms with Gasteiger partial charge in [-0.25, -0.2) is 4.98 Å². The van der Waals surface area contributed by atoms with Gasteiger partial charge in [-0.1, -0.05) is 41.9 Å². The Morgan fingerprint density at radius 3 is 2.79 bits per heavy atom. The molecule has 28 heavy (non-hydrogen) atoms. The Balaban J connectivity index is 1.43. The van der Waals surface area contributed by atoms with Crippen LogP contribution in [0, 0.1) is 0 Å². The van der Waals surface area contributed by atoms with Crippen LogP contribution in [0.4, 0.5) is 0 Å². The second kappa shape index (κ2) is 8.07. The van der Waals surface area contributed by atoms with Crippen molar-refractivity contribution in [3.05, 3.63) is 82.0 Å². The molecule has 1 aliphatic heterocycles. The van der Waals surface area contributed by atoms with Gasteiger partial charge in [0.1, 0.15) is 17.2 Å². The first kappa shape index (κ1) is 18.6. The monoisotopic (exact) mass is 396 g/mol. The molecule has 1 amide bonds. The molecule has 0 N–H and O–H groups in total. The molecule has 0 unspecified atom stereocenters. The first-order chi connectivity index (χ1) is 13.6. The number of aromatic nitrogens is 1. The molecule has 0 spiro atoms. The second-order valence-corrected chi connectivity index (χ2v) is 7.20. The van der Waals surface area contributed by atoms with Gasteiger partial charge in [-0.15, -0.1) is 0 Å². The lowest BCUT2D eigenvalue weighted by Crippen LogP contribution is -2.35. The minimum absolute atomic E-state index is 0.0657. The molecule has 0 bridgehead atoms. The fourth-order valence-corrected chi connectivity index (χ4v) is 3.67. The number of hydrogen-bond acceptors (Lipinski definition) is 4. The molecule has 3 aromatic rings. The van der Waals surface area contributed by atoms with Crippen LogP contribution in [0.25, 0.3) is 0 Å². The van der Waals surface area contributed by atoms with Crippen molar-refractivity contribution >= 4 is 17.5 Å². The number of methoxy groups -OCH3 is 1. The average Bonchev–Trinajstić information content (AvgIpc) is 3.14. The number of halogens is 1. The lowest BCUT2D eigenvalue weighted by molar-refractivity contribution is 0.0728. The van der Waals surface area contributed by atoms with Crippen molar-refractivity contribution in [2.45, 2.75) is 25.8 Å². The van der Waals surface area contributed by atoms with Gasteiger partial charge in [-0.3, -0.25) is 4.79 Å². The molecule has 6 heteroatoms. The highest BCUT2D eigenvalue weighted by atomic mass is 35.5. The fourth-order valence-electron chi connectivity index (χ4n) is 3.41. The number of ether oxygens (including phenoxy) is 1. The van der Waals surface area contributed by atoms with Crippen molar-refractivity contribution in [3.63, 3.8) is 0 Å². The van der Waals surface area contributed by atoms with Gasteiger partial charge in [0.15, 0.2) is 5.89 Å². The molecule has 2 aromatic carbocycles. The van der Waals surface area contributed by atoms with Crippen LogP contribution in [-0.4, -0.2) is 29.4 Å². The molecule has 0 saturated heterocycles. The molecule has 4 rings (SSSR count). The molecule has 1 aromatic heterocycles. The van der Waals surface area contributed by atoms with E-state index in [2.05, 4.69) is 17.1 Å². The molecule has 1 aliphatic rings. The Labute approximate surface area is 168 Å². The topological polar surface area (TPSA) is 55.6 Å². The summed E-state index contributed by atoms with van der Waals surface area (Å²) >= 11 is 6.16. The van der Waals surface area contributed by atoms with E-state index in [9.17, 15) is 4.79 Å². The zero-order valence-corrected chi connectivity index (χ0v) is 16.4. The maximum atomic E-state index is 12.8. The molecular formula is C22H21ClN2O3. The first-order valence-corrected chi connectivity index (χ1v) is 9.66. The second-order valence-electron chi connectivity index (χ2n) is 6.79. The highest BCUT2D eigenvalue weighted by Crippen LogP contribution is 2.27. The number of oxazole rings is 1. The number of benzene rings is 2. The third-order valence-electron chi connectivity index (χ3n) is 4.93. The Morgan fingerprint density at radius 2 is 2.04 bits per heavy atom. The summed E-state index contributed by atoms with van der Waals surface area (Å²) in [6.45, 7) is 1.05. The maximum absolute atomic E-state index is 12.8. The van der Waals surface area contributed by atoms with Crippen LogP contribution >= 0.6 is 11.6 Å². The summed E-state index contributed by atoms with van der Waals surface area (Å²) < 4.78 is 11.1. The molecule has 0 radical (unpaired) electrons. The zero-order valence-electron chi connectivity index (χ0n) is 15.7. The molecule has 144 valence electrons. The summed E-state index contributed by atoms with van der Waals surface area (Å²) in [6, 6.07) is 15.4. The smallest absolute Gasteiger partial charge is 0.254 e. The average molecular weight is 397 g/mol. The van der Waals surface area contributed by atoms with E-state index in [1.54, 1.807) is 30.2 Å². The summed E-state index contributed by atoms with van der Waals surface area (Å²) in [6.07, 6.45) is 2.30. The summed E-state index contributed by atoms with van der Waals surface area (Å²) in [5.41, 5.74) is 2.65. The van der Waals surface area contributed by atoms with E-state index in [0.29, 0.717) is 35.8 Å². The third kappa shape index (κ3) is 3.90. The Hall–Kier alpha value is -2.79. The summed E-state index contributed by atoms with van der Waals surface area (Å²) in [4.78, 5) is 19.3. The molecule has 0 aliphatic carbocycles. The largest absolute Gasteiger partial charge is 0.495 e. The molecule has 0 fully saturated rings. The number of fused-ring (bicyclic) bond motifs is 1. The Bertz CT molecular complexity index is 985. The van der Waals surface area contributed by atoms with E-state index in [-0.39, 0.29) is 5.91 Å². The van der Waals surface area contributed by atoms with E-state index in [0.717, 1.165) is 30.2 Å². The van der Waals surface area contributed by atoms with Gasteiger partial charge >= 0.3 is 0 Å². The number of rotatable bonds is 5. The normalized spacial score (nSPS) is 13.3. The van der Waals surface area contributed by atoms with Gasteiger partial charge in [0, 0.05) is 24.9 Å². The minimum atomic E-state index is -0.0657. The van der Waals surface area contributed by atoms with Gasteiger partial charge in [0.25, 0.3) is 5.91 Å². The zero-order chi connectivity index (χ0) is 19.5. The van der Waals surface area contributed by atoms with Gasteiger partial charge in [0.05, 0.1) is 18.7 Å². The van der Waals surface area contributed by atoms with Crippen LogP contribution in [0.3, 0.4) is 0 Å². The van der Waals surface area contributed by atoms with Crippen LogP contribution in [-0.2, 0) is 25.8 Å². The first-order valence-electron chi connectivity index (χ1n) is 9.28. The van der Waals surface area contributed by atoms with Crippen LogP contribution in [0.1, 0.15) is 33.3 Å². The van der Waals surface area contributed by atoms with Crippen LogP contribution in [0.2, 0.25) is 5.02 Å². The highest BCUT2D eigenvalue weighted by Gasteiger charge is 2.26. The van der Waals surface area contributed by atoms with Crippen molar-refractivity contribution < 1.29 is 13.9 Å². The van der Waals surface area contributed by atoms with Crippen LogP contribution in [0.15, 0.2) is 52.9 Å². The molecular weight excluding hydrogens is 376 g/mol. The number of carbonyl (C=O) groups excluding carboxylic acids is 1. The van der Waals surface area contributed by atoms with E-state index < -0.39 is 0 Å². The Morgan fingerprint density at radius 1 is 1.21 bits per heavy atom. The van der Waals surface area contributed by atoms with Gasteiger partial charge < -0.3 is 14.1 Å². The number of nitrogens with zero attached hydrogens (tertiary/aromatic N) is 2. The van der Waals surface area contributed by atoms with E-state index in [1.807, 2.05) is 18.2 Å². The van der Waals surface area contributed by atoms with Crippen molar-refractivity contribution in [3.8, 4) is 5.75 Å². The van der Waals surface area contributed by atoms with Crippen molar-refractivity contribution in [1.29, 1.82) is 0 Å². The van der Waals surface area contributed by atoms with E-state index >= 15 is 0 Å². The molecule has 5 nitrogen and oxygen atoms in total. The van der Waals surface area contributed by atoms with Crippen molar-refractivity contribution in [1.82, 2.24) is 9.88 Å². The number of carbonyl (C=O) groups is 1. The minimum Gasteiger partial charge on any atom is -0.495 e. The van der Waals surface area contributed by atoms with Crippen LogP contribution in [0.5, 0.6) is 5.75 Å². The van der Waals surface area contributed by atoms with E-state index in [1.165, 1.54) is 5.56 Å². The van der Waals surface area contributed by atoms with Crippen molar-refractivity contribution in [2.75, 3.05) is 13.7 Å². The lowest BCUT2D eigenvalue weighted by atomic mass is 10.1. The quantitative estimate of drug-likeness (QED) is 0.644. The van der Waals surface area contributed by atoms with Gasteiger partial charge in [-0.05, 0) is 30.2 Å². The Kier molecular flexibility index (Phi) is 5.35. The number of amides is 1. The molecule has 0 atom stereocenters. The molecule has 2 heterocycles. The fraction of sp³-hybridized carbons (Fsp3) is 0.273. The van der Waals surface area contributed by atoms with E-state index in [4.69, 9.17) is 20.8 Å². The highest BCUT2D eigenvalue weighted by molar-refractivity contribution is 6.32. The van der Waals surface area contributed by atoms with Crippen molar-refractivity contribution in [2.24, 2.45) is 0 Å². The summed E-state index contributed by atoms with van der Waals surface area (Å²) in [5, 5.41) is 0.427. The number of aryl methyl sites for hydroxylation is 2. The van der Waals surface area contributed by atoms with Gasteiger partial charge in [-0.2, -0.15) is 0 Å². The predicted octanol–water partition coefficient (Wildman–Crippen LogP) is 4.32. The lowest BCUT2D eigenvalue weighted by Gasteiger charge is -2.25. The van der Waals surface area contributed by atoms with Gasteiger partial charge in [0.2, 0.25) is 0 Å². The van der Waals surface area contributed by atoms with Crippen LogP contribution < -0.4 is 4.74 Å². The maximum Gasteiger partial charge on any atom is 0.254 e. The predicted molar refractivity (Wildman–Crippen MR) is 107 cm³/mol. The SMILES string of the molecule is COc1ccc(C(=O)N2CCc3oc(CCc4ccccc4)nc3C2)cc1Cl. The standard InChI is InChI=1S/C22H21ClN2O3/c1-27-19-9-8-16(13-17(19)23)22(26)25-12-11-20-18(14-25)24-21(28-20)10-7-15-5-3-2-4-6-15/h2-6,8-9,13H,7,10-12,14H2,1H3. The molecule has 0 saturated carbocycles. The third-order valence-corrected chi connectivity index (χ3v) is 5.22. The summed E-state index contributed by atoms with van der Waals surface area (Å²) in [7, 11) is 1.55.